The maximum Gasteiger partial charge on any atom is 0.445 e. The smallest absolute Gasteiger partial charge is 0.445 e. The molecule has 1 aliphatic carbocycles. The largest absolute Gasteiger partial charge is 0.778 e. The number of amides is 3. The second-order valence-electron chi connectivity index (χ2n) is 14.9. The van der Waals surface area contributed by atoms with Gasteiger partial charge in [-0.15, -0.1) is 5.10 Å². The fourth-order valence-electron chi connectivity index (χ4n) is 5.69. The van der Waals surface area contributed by atoms with Gasteiger partial charge in [-0.05, 0) is 87.2 Å². The van der Waals surface area contributed by atoms with Gasteiger partial charge in [0.15, 0.2) is 13.2 Å². The summed E-state index contributed by atoms with van der Waals surface area (Å²) < 4.78 is 90.2. The van der Waals surface area contributed by atoms with Gasteiger partial charge >= 0.3 is 18.1 Å². The number of rotatable bonds is 17. The number of carbonyl (C=O) groups is 5. The molecule has 372 valence electrons. The Morgan fingerprint density at radius 2 is 1.58 bits per heavy atom. The van der Waals surface area contributed by atoms with Gasteiger partial charge in [0.05, 0.1) is 48.9 Å². The minimum atomic E-state index is -4.61. The first-order chi connectivity index (χ1) is 31.3. The number of aliphatic carboxylic acids is 1. The number of carbonyl (C=O) groups excluding carboxylic acids is 4. The van der Waals surface area contributed by atoms with Crippen LogP contribution in [0.5, 0.6) is 10.9 Å². The van der Waals surface area contributed by atoms with E-state index in [2.05, 4.69) is 29.0 Å². The number of esters is 1. The summed E-state index contributed by atoms with van der Waals surface area (Å²) in [5.74, 6) is -4.52. The number of nitrogens with zero attached hydrogens (tertiary/aromatic N) is 4. The molecule has 0 saturated heterocycles. The molecule has 0 bridgehead atoms. The first kappa shape index (κ1) is 58.4. The number of halogens is 6. The number of alkyl halides is 3. The minimum absolute atomic E-state index is 0.000883. The van der Waals surface area contributed by atoms with Gasteiger partial charge in [-0.2, -0.15) is 13.2 Å². The molecular formula is C41H52ClF5N5O12PS2. The monoisotopic (exact) mass is 1030 g/mol. The maximum absolute atomic E-state index is 14.5. The maximum atomic E-state index is 14.5. The molecule has 3 amide bonds. The van der Waals surface area contributed by atoms with Crippen molar-refractivity contribution in [2.45, 2.75) is 77.9 Å². The van der Waals surface area contributed by atoms with Crippen molar-refractivity contribution in [2.75, 3.05) is 61.2 Å². The first-order valence-corrected chi connectivity index (χ1v) is 25.6. The lowest BCUT2D eigenvalue weighted by Crippen LogP contribution is -2.40. The molecule has 67 heavy (non-hydrogen) atoms. The Bertz CT molecular complexity index is 2200. The molecule has 1 unspecified atom stereocenters. The van der Waals surface area contributed by atoms with Crippen LogP contribution in [0.4, 0.5) is 33.3 Å². The number of nitrogens with one attached hydrogen (secondary N) is 1. The second kappa shape index (κ2) is 27.9. The molecule has 1 atom stereocenters. The topological polar surface area (TPSA) is 238 Å². The van der Waals surface area contributed by atoms with Gasteiger partial charge in [-0.3, -0.25) is 24.5 Å². The van der Waals surface area contributed by atoms with Crippen LogP contribution in [0.15, 0.2) is 47.5 Å². The number of aromatic nitrogens is 2. The summed E-state index contributed by atoms with van der Waals surface area (Å²) in [4.78, 5) is 79.4. The van der Waals surface area contributed by atoms with Crippen molar-refractivity contribution < 1.29 is 79.6 Å². The number of imide groups is 1. The van der Waals surface area contributed by atoms with Gasteiger partial charge in [-0.1, -0.05) is 47.8 Å². The highest BCUT2D eigenvalue weighted by atomic mass is 35.5. The molecule has 3 aromatic rings. The third kappa shape index (κ3) is 20.6. The van der Waals surface area contributed by atoms with E-state index >= 15 is 0 Å². The summed E-state index contributed by atoms with van der Waals surface area (Å²) in [5, 5.41) is 14.6. The van der Waals surface area contributed by atoms with E-state index in [1.54, 1.807) is 13.8 Å². The van der Waals surface area contributed by atoms with Crippen molar-refractivity contribution in [2.24, 2.45) is 0 Å². The van der Waals surface area contributed by atoms with Crippen LogP contribution in [0.3, 0.4) is 0 Å². The van der Waals surface area contributed by atoms with Crippen LogP contribution < -0.4 is 29.5 Å². The number of ether oxygens (including phenoxy) is 3. The zero-order chi connectivity index (χ0) is 50.6. The van der Waals surface area contributed by atoms with E-state index in [1.807, 2.05) is 12.2 Å². The van der Waals surface area contributed by atoms with Gasteiger partial charge in [0, 0.05) is 28.9 Å². The number of unbranched alkanes of at least 4 members (excludes halogenated alkanes) is 2. The molecule has 1 aliphatic heterocycles. The molecule has 0 radical (unpaired) electrons. The van der Waals surface area contributed by atoms with Crippen molar-refractivity contribution >= 4 is 82.5 Å². The highest BCUT2D eigenvalue weighted by Crippen LogP contribution is 2.40. The lowest BCUT2D eigenvalue weighted by Gasteiger charge is -2.26. The molecule has 2 aliphatic rings. The molecule has 3 N–H and O–H groups in total. The fraction of sp³-hybridized carbons (Fsp3) is 0.488. The molecule has 5 rings (SSSR count). The lowest BCUT2D eigenvalue weighted by atomic mass is 9.93. The Hall–Kier alpha value is -4.71. The first-order valence-electron chi connectivity index (χ1n) is 20.2. The number of carboxylic acids is 1. The van der Waals surface area contributed by atoms with E-state index in [0.717, 1.165) is 43.1 Å². The predicted molar refractivity (Wildman–Crippen MR) is 240 cm³/mol. The summed E-state index contributed by atoms with van der Waals surface area (Å²) in [7, 11) is -3.71. The third-order valence-corrected chi connectivity index (χ3v) is 10.2. The van der Waals surface area contributed by atoms with E-state index in [0.29, 0.717) is 47.2 Å². The molecule has 0 saturated carbocycles. The van der Waals surface area contributed by atoms with Gasteiger partial charge in [0.2, 0.25) is 5.01 Å². The van der Waals surface area contributed by atoms with Crippen LogP contribution in [0.2, 0.25) is 5.02 Å². The van der Waals surface area contributed by atoms with E-state index in [-0.39, 0.29) is 39.0 Å². The number of hydrogen-bond donors (Lipinski definition) is 3. The van der Waals surface area contributed by atoms with Crippen LogP contribution in [-0.2, 0) is 50.3 Å². The van der Waals surface area contributed by atoms with E-state index < -0.39 is 86.1 Å². The van der Waals surface area contributed by atoms with Crippen LogP contribution >= 0.6 is 30.5 Å². The Labute approximate surface area is 395 Å². The van der Waals surface area contributed by atoms with Crippen molar-refractivity contribution in [3.05, 3.63) is 69.2 Å². The summed E-state index contributed by atoms with van der Waals surface area (Å²) >= 11 is 6.23. The Morgan fingerprint density at radius 3 is 2.07 bits per heavy atom. The average molecular weight is 1030 g/mol. The summed E-state index contributed by atoms with van der Waals surface area (Å²) in [6.07, 6.45) is 6.66. The normalized spacial score (nSPS) is 14.2. The van der Waals surface area contributed by atoms with Crippen LogP contribution in [0.25, 0.3) is 0 Å². The van der Waals surface area contributed by atoms with Gasteiger partial charge < -0.3 is 38.6 Å². The van der Waals surface area contributed by atoms with Crippen LogP contribution in [0, 0.1) is 11.6 Å². The number of anilines is 2. The average Bonchev–Trinajstić information content (AvgIpc) is 3.81. The molecule has 26 heteroatoms. The molecule has 2 aromatic carbocycles. The van der Waals surface area contributed by atoms with Crippen molar-refractivity contribution in [1.29, 1.82) is 0 Å². The zero-order valence-corrected chi connectivity index (χ0v) is 40.6. The summed E-state index contributed by atoms with van der Waals surface area (Å²) in [6, 6.07) is 7.16. The van der Waals surface area contributed by atoms with Crippen molar-refractivity contribution in [1.82, 2.24) is 15.5 Å². The lowest BCUT2D eigenvalue weighted by molar-refractivity contribution is -0.193. The predicted octanol–water partition coefficient (Wildman–Crippen LogP) is 6.51. The van der Waals surface area contributed by atoms with Crippen LogP contribution in [-0.4, -0.2) is 107 Å². The van der Waals surface area contributed by atoms with Crippen molar-refractivity contribution in [3.63, 3.8) is 0 Å². The Kier molecular flexibility index (Phi) is 24.4. The molecule has 0 fully saturated rings. The Morgan fingerprint density at radius 1 is 1.00 bits per heavy atom. The van der Waals surface area contributed by atoms with E-state index in [1.165, 1.54) is 35.2 Å². The summed E-state index contributed by atoms with van der Waals surface area (Å²) in [5.41, 5.74) is 1.13. The molecule has 1 aromatic heterocycles. The molecular weight excluding hydrogens is 980 g/mol. The third-order valence-electron chi connectivity index (χ3n) is 8.43. The quantitative estimate of drug-likeness (QED) is 0.0326. The van der Waals surface area contributed by atoms with Gasteiger partial charge in [0.25, 0.3) is 22.9 Å². The van der Waals surface area contributed by atoms with Crippen LogP contribution in [0.1, 0.15) is 70.7 Å². The number of hydrogen-bond acceptors (Lipinski definition) is 14. The number of carboxylic acid groups (broad SMARTS) is 1. The zero-order valence-electron chi connectivity index (χ0n) is 37.3. The number of benzene rings is 2. The molecule has 2 heterocycles. The molecule has 17 nitrogen and oxygen atoms in total. The van der Waals surface area contributed by atoms with Crippen molar-refractivity contribution in [3.8, 4) is 10.9 Å². The highest BCUT2D eigenvalue weighted by molar-refractivity contribution is 7.94. The fourth-order valence-corrected chi connectivity index (χ4v) is 6.85. The highest BCUT2D eigenvalue weighted by Gasteiger charge is 2.41. The molecule has 0 spiro atoms. The Balaban J connectivity index is 0.000000363. The summed E-state index contributed by atoms with van der Waals surface area (Å²) in [6.45, 7) is 4.43. The SMILES string of the molecule is CC(C)N(C(=O)COc1nnc(C(F)(F)F)s1)c1ccc(F)cc1.CCCCCOC(=O)COc1cc(N2C(=O)C3=C(CCCC3)C2=O)c(F)cc1Cl.C[S+](C)C.O=C(O)CNCP(=O)([O-])O. The van der Waals surface area contributed by atoms with E-state index in [4.69, 9.17) is 35.8 Å². The van der Waals surface area contributed by atoms with Gasteiger partial charge in [0.1, 0.15) is 25.0 Å². The minimum Gasteiger partial charge on any atom is -0.778 e. The van der Waals surface area contributed by atoms with Gasteiger partial charge in [-0.25, -0.2) is 18.5 Å². The second-order valence-corrected chi connectivity index (χ2v) is 20.3. The van der Waals surface area contributed by atoms with E-state index in [9.17, 15) is 55.4 Å². The standard InChI is InChI=1S/C21H23ClFNO5.C14H13F4N3O2S.C3H8NO5P.C3H9S/c1-2-3-6-9-28-19(25)12-29-18-11-17(16(23)10-15(18)22)24-20(26)13-7-4-5-8-14(13)21(24)27;1-8(2)21(10-5-3-9(15)4-6-10)11(22)7-23-13-20-19-12(24-13)14(16,17)18;5-3(6)1-4-2-10(7,8)9;1-4(2)3/h10-11H,2-9,12H2,1H3;3-6,8H,7H2,1-2H3;4H,1-2H2,(H,5,6)(H2,7,8,9);1-3H3/q;;;+1/p-1.